The summed E-state index contributed by atoms with van der Waals surface area (Å²) in [5.41, 5.74) is 0.420. The first-order valence-electron chi connectivity index (χ1n) is 5.82. The summed E-state index contributed by atoms with van der Waals surface area (Å²) in [5, 5.41) is 18.0. The van der Waals surface area contributed by atoms with Crippen molar-refractivity contribution in [3.05, 3.63) is 41.0 Å². The van der Waals surface area contributed by atoms with Crippen molar-refractivity contribution in [1.29, 1.82) is 0 Å². The second-order valence-corrected chi connectivity index (χ2v) is 5.22. The highest BCUT2D eigenvalue weighted by Crippen LogP contribution is 2.15. The fourth-order valence-corrected chi connectivity index (χ4v) is 2.05. The largest absolute Gasteiger partial charge is 0.478 e. The van der Waals surface area contributed by atoms with Gasteiger partial charge in [-0.25, -0.2) is 9.59 Å². The smallest absolute Gasteiger partial charge is 0.336 e. The van der Waals surface area contributed by atoms with Gasteiger partial charge < -0.3 is 10.2 Å². The van der Waals surface area contributed by atoms with E-state index >= 15 is 0 Å². The predicted molar refractivity (Wildman–Crippen MR) is 77.2 cm³/mol. The van der Waals surface area contributed by atoms with Crippen LogP contribution in [0.25, 0.3) is 6.08 Å². The van der Waals surface area contributed by atoms with E-state index in [1.165, 1.54) is 36.9 Å². The number of benzene rings is 1. The molecular formula is C14H14O5S. The third-order valence-corrected chi connectivity index (χ3v) is 3.26. The van der Waals surface area contributed by atoms with Crippen molar-refractivity contribution < 1.29 is 24.6 Å². The molecule has 0 fully saturated rings. The van der Waals surface area contributed by atoms with Crippen molar-refractivity contribution in [2.75, 3.05) is 5.75 Å². The summed E-state index contributed by atoms with van der Waals surface area (Å²) in [6.07, 6.45) is 3.89. The van der Waals surface area contributed by atoms with Crippen molar-refractivity contribution in [2.24, 2.45) is 0 Å². The van der Waals surface area contributed by atoms with Crippen LogP contribution in [0, 0.1) is 0 Å². The zero-order valence-corrected chi connectivity index (χ0v) is 11.6. The quantitative estimate of drug-likeness (QED) is 0.784. The number of allylic oxidation sites excluding steroid dienone is 1. The van der Waals surface area contributed by atoms with Crippen molar-refractivity contribution in [3.63, 3.8) is 0 Å². The first kappa shape index (κ1) is 16.0. The molecule has 0 unspecified atom stereocenters. The lowest BCUT2D eigenvalue weighted by atomic mass is 10.0. The minimum absolute atomic E-state index is 0.0255. The van der Waals surface area contributed by atoms with E-state index in [9.17, 15) is 14.4 Å². The number of rotatable bonds is 6. The molecular weight excluding hydrogens is 280 g/mol. The van der Waals surface area contributed by atoms with E-state index in [0.29, 0.717) is 17.7 Å². The molecule has 2 N–H and O–H groups in total. The molecule has 0 aliphatic rings. The second kappa shape index (κ2) is 7.49. The Labute approximate surface area is 120 Å². The number of carboxylic acids is 2. The molecule has 0 saturated heterocycles. The summed E-state index contributed by atoms with van der Waals surface area (Å²) in [4.78, 5) is 32.7. The minimum atomic E-state index is -1.11. The maximum absolute atomic E-state index is 11.1. The van der Waals surface area contributed by atoms with E-state index in [2.05, 4.69) is 0 Å². The van der Waals surface area contributed by atoms with Crippen molar-refractivity contribution >= 4 is 34.9 Å². The fraction of sp³-hybridized carbons (Fsp3) is 0.214. The topological polar surface area (TPSA) is 91.7 Å². The number of carbonyl (C=O) groups excluding carboxylic acids is 1. The lowest BCUT2D eigenvalue weighted by Gasteiger charge is -2.03. The Morgan fingerprint density at radius 3 is 2.45 bits per heavy atom. The maximum atomic E-state index is 11.1. The van der Waals surface area contributed by atoms with Gasteiger partial charge in [-0.1, -0.05) is 23.9 Å². The molecule has 0 saturated carbocycles. The molecule has 106 valence electrons. The number of aromatic carboxylic acids is 2. The molecule has 6 heteroatoms. The Balaban J connectivity index is 2.87. The number of carboxylic acid groups (broad SMARTS) is 2. The molecule has 0 bridgehead atoms. The standard InChI is InChI=1S/C14H14O5S/c1-9(15)20-7-3-2-4-10-8-11(13(16)17)5-6-12(10)14(18)19/h2,4-6,8H,3,7H2,1H3,(H,16,17)(H,18,19). The van der Waals surface area contributed by atoms with Crippen LogP contribution in [0.15, 0.2) is 24.3 Å². The first-order valence-corrected chi connectivity index (χ1v) is 6.81. The molecule has 0 spiro atoms. The molecule has 0 aliphatic heterocycles. The predicted octanol–water partition coefficient (Wildman–Crippen LogP) is 2.77. The van der Waals surface area contributed by atoms with Gasteiger partial charge in [-0.3, -0.25) is 4.79 Å². The Kier molecular flexibility index (Phi) is 5.99. The number of thioether (sulfide) groups is 1. The van der Waals surface area contributed by atoms with Gasteiger partial charge in [0.05, 0.1) is 11.1 Å². The lowest BCUT2D eigenvalue weighted by molar-refractivity contribution is -0.109. The first-order chi connectivity index (χ1) is 9.41. The van der Waals surface area contributed by atoms with Gasteiger partial charge in [-0.15, -0.1) is 0 Å². The average Bonchev–Trinajstić information content (AvgIpc) is 2.37. The van der Waals surface area contributed by atoms with Gasteiger partial charge in [-0.2, -0.15) is 0 Å². The SMILES string of the molecule is CC(=O)SCCC=Cc1cc(C(=O)O)ccc1C(=O)O. The number of hydrogen-bond acceptors (Lipinski definition) is 4. The molecule has 0 atom stereocenters. The second-order valence-electron chi connectivity index (χ2n) is 3.94. The molecule has 0 radical (unpaired) electrons. The summed E-state index contributed by atoms with van der Waals surface area (Å²) in [6.45, 7) is 1.48. The zero-order valence-electron chi connectivity index (χ0n) is 10.8. The highest BCUT2D eigenvalue weighted by molar-refractivity contribution is 8.13. The van der Waals surface area contributed by atoms with Crippen LogP contribution in [0.5, 0.6) is 0 Å². The molecule has 5 nitrogen and oxygen atoms in total. The zero-order chi connectivity index (χ0) is 15.1. The third-order valence-electron chi connectivity index (χ3n) is 2.42. The van der Waals surface area contributed by atoms with E-state index in [-0.39, 0.29) is 16.2 Å². The molecule has 0 heterocycles. The molecule has 0 aliphatic carbocycles. The Hall–Kier alpha value is -2.08. The average molecular weight is 294 g/mol. The van der Waals surface area contributed by atoms with Crippen LogP contribution in [-0.4, -0.2) is 33.0 Å². The molecule has 1 aromatic carbocycles. The summed E-state index contributed by atoms with van der Waals surface area (Å²) < 4.78 is 0. The monoisotopic (exact) mass is 294 g/mol. The molecule has 1 rings (SSSR count). The lowest BCUT2D eigenvalue weighted by Crippen LogP contribution is -2.03. The van der Waals surface area contributed by atoms with E-state index in [1.54, 1.807) is 12.2 Å². The number of hydrogen-bond donors (Lipinski definition) is 2. The van der Waals surface area contributed by atoms with Crippen molar-refractivity contribution in [2.45, 2.75) is 13.3 Å². The van der Waals surface area contributed by atoms with Crippen LogP contribution in [0.2, 0.25) is 0 Å². The summed E-state index contributed by atoms with van der Waals surface area (Å²) >= 11 is 1.18. The Morgan fingerprint density at radius 1 is 1.20 bits per heavy atom. The fourth-order valence-electron chi connectivity index (χ4n) is 1.51. The Morgan fingerprint density at radius 2 is 1.90 bits per heavy atom. The van der Waals surface area contributed by atoms with Crippen LogP contribution in [0.4, 0.5) is 0 Å². The maximum Gasteiger partial charge on any atom is 0.336 e. The molecule has 0 amide bonds. The summed E-state index contributed by atoms with van der Waals surface area (Å²) in [5.74, 6) is -1.62. The minimum Gasteiger partial charge on any atom is -0.478 e. The van der Waals surface area contributed by atoms with E-state index in [4.69, 9.17) is 10.2 Å². The summed E-state index contributed by atoms with van der Waals surface area (Å²) in [6, 6.07) is 3.85. The van der Waals surface area contributed by atoms with Gasteiger partial charge >= 0.3 is 11.9 Å². The van der Waals surface area contributed by atoms with E-state index < -0.39 is 11.9 Å². The van der Waals surface area contributed by atoms with Crippen molar-refractivity contribution in [1.82, 2.24) is 0 Å². The van der Waals surface area contributed by atoms with Gasteiger partial charge in [-0.05, 0) is 30.2 Å². The van der Waals surface area contributed by atoms with E-state index in [0.717, 1.165) is 0 Å². The van der Waals surface area contributed by atoms with Gasteiger partial charge in [0.2, 0.25) is 0 Å². The highest BCUT2D eigenvalue weighted by Gasteiger charge is 2.11. The normalized spacial score (nSPS) is 10.7. The molecule has 0 aromatic heterocycles. The number of carbonyl (C=O) groups is 3. The van der Waals surface area contributed by atoms with E-state index in [1.807, 2.05) is 0 Å². The van der Waals surface area contributed by atoms with Crippen LogP contribution in [0.1, 0.15) is 39.6 Å². The van der Waals surface area contributed by atoms with Crippen LogP contribution in [0.3, 0.4) is 0 Å². The van der Waals surface area contributed by atoms with Crippen molar-refractivity contribution in [3.8, 4) is 0 Å². The third kappa shape index (κ3) is 4.89. The van der Waals surface area contributed by atoms with Crippen LogP contribution in [-0.2, 0) is 4.79 Å². The van der Waals surface area contributed by atoms with Crippen LogP contribution < -0.4 is 0 Å². The van der Waals surface area contributed by atoms with Gasteiger partial charge in [0, 0.05) is 12.7 Å². The van der Waals surface area contributed by atoms with Gasteiger partial charge in [0.15, 0.2) is 5.12 Å². The van der Waals surface area contributed by atoms with Crippen LogP contribution >= 0.6 is 11.8 Å². The summed E-state index contributed by atoms with van der Waals surface area (Å²) in [7, 11) is 0. The molecule has 1 aromatic rings. The molecule has 20 heavy (non-hydrogen) atoms. The highest BCUT2D eigenvalue weighted by atomic mass is 32.2. The van der Waals surface area contributed by atoms with Gasteiger partial charge in [0.25, 0.3) is 0 Å². The van der Waals surface area contributed by atoms with Gasteiger partial charge in [0.1, 0.15) is 0 Å². The Bertz CT molecular complexity index is 563.